The molecule has 0 amide bonds. The lowest BCUT2D eigenvalue weighted by molar-refractivity contribution is 0.191. The molecule has 0 radical (unpaired) electrons. The minimum Gasteiger partial charge on any atom is -0.491 e. The Morgan fingerprint density at radius 3 is 2.51 bits per heavy atom. The molecule has 4 rings (SSSR count). The molecule has 1 aliphatic carbocycles. The number of aromatic nitrogens is 1. The van der Waals surface area contributed by atoms with E-state index in [2.05, 4.69) is 25.5 Å². The van der Waals surface area contributed by atoms with E-state index in [4.69, 9.17) is 16.3 Å². The van der Waals surface area contributed by atoms with Gasteiger partial charge in [-0.3, -0.25) is 14.7 Å². The second kappa shape index (κ2) is 13.7. The normalized spacial score (nSPS) is 17.1. The van der Waals surface area contributed by atoms with E-state index in [9.17, 15) is 4.79 Å². The van der Waals surface area contributed by atoms with Crippen LogP contribution in [0.25, 0.3) is 16.6 Å². The molecule has 1 aliphatic heterocycles. The van der Waals surface area contributed by atoms with Crippen LogP contribution in [0.4, 0.5) is 0 Å². The van der Waals surface area contributed by atoms with E-state index >= 15 is 0 Å². The number of nitrogens with one attached hydrogen (secondary N) is 3. The standard InChI is InChI=1S/C23H32ClN5O2.C4H8/c1-5-18(27-16(4)26-15(2)3)19-14-20(30)17-6-7-21(22(24)23(17)28-19)31-13-12-29-10-8-25-9-11-29;1-2-4-3-1/h5-7,14-15,25H,8-13H2,1-4H3,(H,26,27)(H,28,30);1-4H2/b18-5-;. The van der Waals surface area contributed by atoms with Crippen molar-refractivity contribution in [2.24, 2.45) is 4.99 Å². The summed E-state index contributed by atoms with van der Waals surface area (Å²) in [7, 11) is 0. The molecule has 0 unspecified atom stereocenters. The zero-order valence-corrected chi connectivity index (χ0v) is 22.3. The van der Waals surface area contributed by atoms with Crippen LogP contribution in [0, 0.1) is 0 Å². The zero-order valence-electron chi connectivity index (χ0n) is 21.5. The van der Waals surface area contributed by atoms with Gasteiger partial charge in [-0.15, -0.1) is 0 Å². The van der Waals surface area contributed by atoms with Crippen molar-refractivity contribution >= 4 is 34.0 Å². The number of pyridine rings is 1. The fraction of sp³-hybridized carbons (Fsp3) is 0.556. The number of piperazine rings is 1. The number of benzene rings is 1. The third kappa shape index (κ3) is 8.09. The lowest BCUT2D eigenvalue weighted by Crippen LogP contribution is -2.44. The number of hydrogen-bond acceptors (Lipinski definition) is 5. The lowest BCUT2D eigenvalue weighted by atomic mass is 10.0. The Morgan fingerprint density at radius 1 is 1.23 bits per heavy atom. The molecule has 0 spiro atoms. The Balaban J connectivity index is 0.000000775. The molecule has 192 valence electrons. The molecule has 0 bridgehead atoms. The van der Waals surface area contributed by atoms with E-state index in [0.29, 0.717) is 34.0 Å². The van der Waals surface area contributed by atoms with Crippen LogP contribution in [0.15, 0.2) is 34.1 Å². The number of rotatable bonds is 7. The molecule has 3 N–H and O–H groups in total. The van der Waals surface area contributed by atoms with Crippen LogP contribution in [-0.4, -0.2) is 61.1 Å². The van der Waals surface area contributed by atoms with Gasteiger partial charge in [0.2, 0.25) is 0 Å². The van der Waals surface area contributed by atoms with Crippen molar-refractivity contribution in [2.45, 2.75) is 59.4 Å². The third-order valence-electron chi connectivity index (χ3n) is 6.13. The number of H-pyrrole nitrogens is 1. The Kier molecular flexibility index (Phi) is 10.6. The van der Waals surface area contributed by atoms with Gasteiger partial charge in [0.1, 0.15) is 17.4 Å². The SMILES string of the molecule is C/C=C(\NC(C)=NC(C)C)c1cc(=O)c2ccc(OCCN3CCNCC3)c(Cl)c2[nH]1.C1CCC1. The third-order valence-corrected chi connectivity index (χ3v) is 6.50. The van der Waals surface area contributed by atoms with E-state index in [-0.39, 0.29) is 11.5 Å². The average Bonchev–Trinajstić information content (AvgIpc) is 2.78. The van der Waals surface area contributed by atoms with Gasteiger partial charge in [-0.05, 0) is 39.8 Å². The van der Waals surface area contributed by atoms with Gasteiger partial charge in [-0.25, -0.2) is 0 Å². The molecule has 1 saturated heterocycles. The number of fused-ring (bicyclic) bond motifs is 1. The molecule has 2 fully saturated rings. The molecule has 2 aromatic rings. The van der Waals surface area contributed by atoms with Crippen molar-refractivity contribution in [3.8, 4) is 5.75 Å². The van der Waals surface area contributed by atoms with Gasteiger partial charge in [0.25, 0.3) is 0 Å². The number of amidine groups is 1. The summed E-state index contributed by atoms with van der Waals surface area (Å²) in [5.74, 6) is 1.35. The number of ether oxygens (including phenoxy) is 1. The second-order valence-electron chi connectivity index (χ2n) is 9.34. The Labute approximate surface area is 214 Å². The molecule has 8 heteroatoms. The maximum atomic E-state index is 12.8. The highest BCUT2D eigenvalue weighted by atomic mass is 35.5. The zero-order chi connectivity index (χ0) is 25.2. The van der Waals surface area contributed by atoms with Crippen LogP contribution in [0.2, 0.25) is 5.02 Å². The summed E-state index contributed by atoms with van der Waals surface area (Å²) < 4.78 is 5.96. The first kappa shape index (κ1) is 27.2. The predicted octanol–water partition coefficient (Wildman–Crippen LogP) is 4.80. The van der Waals surface area contributed by atoms with E-state index in [1.54, 1.807) is 18.2 Å². The molecule has 1 aromatic heterocycles. The van der Waals surface area contributed by atoms with Crippen LogP contribution in [0.3, 0.4) is 0 Å². The summed E-state index contributed by atoms with van der Waals surface area (Å²) in [5, 5.41) is 7.56. The van der Waals surface area contributed by atoms with Gasteiger partial charge in [0.15, 0.2) is 5.43 Å². The minimum absolute atomic E-state index is 0.0994. The molecule has 1 saturated carbocycles. The molecule has 7 nitrogen and oxygen atoms in total. The first-order valence-corrected chi connectivity index (χ1v) is 13.2. The summed E-state index contributed by atoms with van der Waals surface area (Å²) in [4.78, 5) is 22.9. The van der Waals surface area contributed by atoms with Gasteiger partial charge in [-0.1, -0.05) is 43.4 Å². The average molecular weight is 502 g/mol. The van der Waals surface area contributed by atoms with Crippen molar-refractivity contribution in [3.63, 3.8) is 0 Å². The summed E-state index contributed by atoms with van der Waals surface area (Å²) in [6, 6.07) is 5.29. The number of aliphatic imine (C=N–C) groups is 1. The predicted molar refractivity (Wildman–Crippen MR) is 148 cm³/mol. The van der Waals surface area contributed by atoms with Crippen LogP contribution in [0.5, 0.6) is 5.75 Å². The lowest BCUT2D eigenvalue weighted by Gasteiger charge is -2.27. The van der Waals surface area contributed by atoms with Gasteiger partial charge in [0, 0.05) is 50.2 Å². The molecule has 35 heavy (non-hydrogen) atoms. The van der Waals surface area contributed by atoms with Gasteiger partial charge >= 0.3 is 0 Å². The topological polar surface area (TPSA) is 81.8 Å². The van der Waals surface area contributed by atoms with Crippen molar-refractivity contribution in [1.82, 2.24) is 20.5 Å². The number of hydrogen-bond donors (Lipinski definition) is 3. The van der Waals surface area contributed by atoms with Gasteiger partial charge < -0.3 is 20.4 Å². The molecule has 1 aromatic carbocycles. The highest BCUT2D eigenvalue weighted by Crippen LogP contribution is 2.31. The summed E-state index contributed by atoms with van der Waals surface area (Å²) in [6.07, 6.45) is 7.90. The Hall–Kier alpha value is -2.35. The molecular formula is C27H40ClN5O2. The van der Waals surface area contributed by atoms with Crippen molar-refractivity contribution in [3.05, 3.63) is 45.2 Å². The van der Waals surface area contributed by atoms with Crippen LogP contribution >= 0.6 is 11.6 Å². The van der Waals surface area contributed by atoms with Gasteiger partial charge in [-0.2, -0.15) is 0 Å². The van der Waals surface area contributed by atoms with Crippen LogP contribution < -0.4 is 20.8 Å². The maximum absolute atomic E-state index is 12.8. The number of nitrogens with zero attached hydrogens (tertiary/aromatic N) is 2. The Morgan fingerprint density at radius 2 is 1.91 bits per heavy atom. The smallest absolute Gasteiger partial charge is 0.190 e. The number of halogens is 1. The monoisotopic (exact) mass is 501 g/mol. The van der Waals surface area contributed by atoms with Crippen molar-refractivity contribution < 1.29 is 4.74 Å². The first-order chi connectivity index (χ1) is 16.9. The highest BCUT2D eigenvalue weighted by Gasteiger charge is 2.14. The minimum atomic E-state index is -0.0994. The highest BCUT2D eigenvalue weighted by molar-refractivity contribution is 6.36. The van der Waals surface area contributed by atoms with E-state index in [1.807, 2.05) is 33.8 Å². The maximum Gasteiger partial charge on any atom is 0.190 e. The van der Waals surface area contributed by atoms with E-state index < -0.39 is 0 Å². The second-order valence-corrected chi connectivity index (χ2v) is 9.72. The Bertz CT molecular complexity index is 1080. The summed E-state index contributed by atoms with van der Waals surface area (Å²) in [5.41, 5.74) is 1.89. The molecular weight excluding hydrogens is 462 g/mol. The summed E-state index contributed by atoms with van der Waals surface area (Å²) in [6.45, 7) is 13.3. The molecule has 0 atom stereocenters. The number of aromatic amines is 1. The van der Waals surface area contributed by atoms with Crippen LogP contribution in [0.1, 0.15) is 59.1 Å². The quantitative estimate of drug-likeness (QED) is 0.375. The fourth-order valence-corrected chi connectivity index (χ4v) is 4.17. The van der Waals surface area contributed by atoms with Crippen molar-refractivity contribution in [1.29, 1.82) is 0 Å². The molecule has 2 heterocycles. The van der Waals surface area contributed by atoms with E-state index in [1.165, 1.54) is 25.7 Å². The number of allylic oxidation sites excluding steroid dienone is 1. The largest absolute Gasteiger partial charge is 0.491 e. The molecule has 2 aliphatic rings. The fourth-order valence-electron chi connectivity index (χ4n) is 3.90. The van der Waals surface area contributed by atoms with Crippen LogP contribution in [-0.2, 0) is 0 Å². The van der Waals surface area contributed by atoms with Crippen molar-refractivity contribution in [2.75, 3.05) is 39.3 Å². The van der Waals surface area contributed by atoms with Gasteiger partial charge in [0.05, 0.1) is 22.7 Å². The first-order valence-electron chi connectivity index (χ1n) is 12.8. The van der Waals surface area contributed by atoms with E-state index in [0.717, 1.165) is 44.3 Å². The summed E-state index contributed by atoms with van der Waals surface area (Å²) >= 11 is 6.65.